The largest absolute Gasteiger partial charge is 0.573 e. The molecule has 1 aliphatic rings. The summed E-state index contributed by atoms with van der Waals surface area (Å²) in [5, 5.41) is 10.1. The summed E-state index contributed by atoms with van der Waals surface area (Å²) in [6.07, 6.45) is -0.649. The fourth-order valence-corrected chi connectivity index (χ4v) is 3.42. The van der Waals surface area contributed by atoms with Gasteiger partial charge in [-0.25, -0.2) is 0 Å². The van der Waals surface area contributed by atoms with Crippen molar-refractivity contribution in [2.75, 3.05) is 4.90 Å². The van der Waals surface area contributed by atoms with E-state index >= 15 is 0 Å². The summed E-state index contributed by atoms with van der Waals surface area (Å²) in [5.41, 5.74) is 9.51. The van der Waals surface area contributed by atoms with Crippen molar-refractivity contribution < 1.29 is 17.9 Å². The normalized spacial score (nSPS) is 12.0. The quantitative estimate of drug-likeness (QED) is 0.337. The summed E-state index contributed by atoms with van der Waals surface area (Å²) in [6, 6.07) is 15.4. The summed E-state index contributed by atoms with van der Waals surface area (Å²) >= 11 is 0. The van der Waals surface area contributed by atoms with E-state index < -0.39 is 6.36 Å². The highest BCUT2D eigenvalue weighted by Gasteiger charge is 2.31. The SMILES string of the molecule is Cl.N=C(N)N(Cc1ccc(OC(F)(F)F)cc1)c1ccc2c3c(cccc13)C=C2. The van der Waals surface area contributed by atoms with Crippen molar-refractivity contribution in [1.82, 2.24) is 0 Å². The number of guanidine groups is 1. The zero-order valence-electron chi connectivity index (χ0n) is 15.0. The number of nitrogens with zero attached hydrogens (tertiary/aromatic N) is 1. The third-order valence-electron chi connectivity index (χ3n) is 4.60. The molecule has 3 aromatic carbocycles. The van der Waals surface area contributed by atoms with Gasteiger partial charge < -0.3 is 15.4 Å². The monoisotopic (exact) mass is 419 g/mol. The molecule has 3 aromatic rings. The molecule has 150 valence electrons. The molecule has 4 rings (SSSR count). The topological polar surface area (TPSA) is 62.3 Å². The number of hydrogen-bond acceptors (Lipinski definition) is 2. The Hall–Kier alpha value is -3.19. The van der Waals surface area contributed by atoms with Crippen LogP contribution in [-0.2, 0) is 6.54 Å². The van der Waals surface area contributed by atoms with Crippen LogP contribution in [0.5, 0.6) is 5.75 Å². The van der Waals surface area contributed by atoms with Crippen molar-refractivity contribution >= 4 is 47.0 Å². The zero-order valence-corrected chi connectivity index (χ0v) is 15.8. The van der Waals surface area contributed by atoms with Crippen molar-refractivity contribution in [2.24, 2.45) is 5.73 Å². The average molecular weight is 420 g/mol. The van der Waals surface area contributed by atoms with Crippen LogP contribution in [0, 0.1) is 5.41 Å². The van der Waals surface area contributed by atoms with Gasteiger partial charge in [0.15, 0.2) is 5.96 Å². The zero-order chi connectivity index (χ0) is 19.9. The number of hydrogen-bond donors (Lipinski definition) is 2. The van der Waals surface area contributed by atoms with Gasteiger partial charge in [0.25, 0.3) is 0 Å². The second-order valence-corrected chi connectivity index (χ2v) is 6.44. The van der Waals surface area contributed by atoms with Crippen LogP contribution in [0.15, 0.2) is 54.6 Å². The predicted molar refractivity (Wildman–Crippen MR) is 111 cm³/mol. The highest BCUT2D eigenvalue weighted by molar-refractivity contribution is 6.12. The van der Waals surface area contributed by atoms with Gasteiger partial charge in [0, 0.05) is 5.39 Å². The number of nitrogens with one attached hydrogen (secondary N) is 1. The molecule has 0 aromatic heterocycles. The molecule has 0 saturated carbocycles. The fourth-order valence-electron chi connectivity index (χ4n) is 3.42. The van der Waals surface area contributed by atoms with Gasteiger partial charge >= 0.3 is 6.36 Å². The van der Waals surface area contributed by atoms with Crippen LogP contribution >= 0.6 is 12.4 Å². The number of ether oxygens (including phenoxy) is 1. The van der Waals surface area contributed by atoms with E-state index in [2.05, 4.69) is 4.74 Å². The van der Waals surface area contributed by atoms with E-state index in [0.29, 0.717) is 5.56 Å². The van der Waals surface area contributed by atoms with Crippen LogP contribution in [0.3, 0.4) is 0 Å². The van der Waals surface area contributed by atoms with Gasteiger partial charge in [-0.15, -0.1) is 25.6 Å². The Morgan fingerprint density at radius 2 is 1.62 bits per heavy atom. The summed E-state index contributed by atoms with van der Waals surface area (Å²) < 4.78 is 40.9. The molecule has 4 nitrogen and oxygen atoms in total. The average Bonchev–Trinajstić information content (AvgIpc) is 3.05. The van der Waals surface area contributed by atoms with Gasteiger partial charge in [-0.05, 0) is 40.3 Å². The van der Waals surface area contributed by atoms with E-state index in [1.807, 2.05) is 42.5 Å². The van der Waals surface area contributed by atoms with E-state index in [0.717, 1.165) is 27.6 Å². The van der Waals surface area contributed by atoms with Crippen molar-refractivity contribution in [3.05, 3.63) is 71.3 Å². The molecular formula is C21H17ClF3N3O. The molecular weight excluding hydrogens is 403 g/mol. The summed E-state index contributed by atoms with van der Waals surface area (Å²) in [7, 11) is 0. The third-order valence-corrected chi connectivity index (χ3v) is 4.60. The highest BCUT2D eigenvalue weighted by atomic mass is 35.5. The lowest BCUT2D eigenvalue weighted by atomic mass is 10.0. The minimum atomic E-state index is -4.73. The lowest BCUT2D eigenvalue weighted by Crippen LogP contribution is -2.36. The second kappa shape index (κ2) is 7.67. The summed E-state index contributed by atoms with van der Waals surface area (Å²) in [6.45, 7) is 0.244. The number of halogens is 4. The molecule has 0 bridgehead atoms. The Morgan fingerprint density at radius 1 is 0.966 bits per heavy atom. The van der Waals surface area contributed by atoms with Gasteiger partial charge in [-0.1, -0.05) is 48.6 Å². The molecule has 0 unspecified atom stereocenters. The minimum absolute atomic E-state index is 0. The molecule has 0 spiro atoms. The van der Waals surface area contributed by atoms with Gasteiger partial charge in [-0.3, -0.25) is 5.41 Å². The van der Waals surface area contributed by atoms with Crippen molar-refractivity contribution in [1.29, 1.82) is 5.41 Å². The number of benzene rings is 3. The lowest BCUT2D eigenvalue weighted by molar-refractivity contribution is -0.274. The maximum Gasteiger partial charge on any atom is 0.573 e. The molecule has 29 heavy (non-hydrogen) atoms. The molecule has 0 aliphatic heterocycles. The Kier molecular flexibility index (Phi) is 5.44. The van der Waals surface area contributed by atoms with E-state index in [9.17, 15) is 13.2 Å². The first-order chi connectivity index (χ1) is 13.3. The van der Waals surface area contributed by atoms with Crippen LogP contribution < -0.4 is 15.4 Å². The van der Waals surface area contributed by atoms with Gasteiger partial charge in [0.2, 0.25) is 0 Å². The molecule has 0 radical (unpaired) electrons. The molecule has 0 fully saturated rings. The molecule has 0 amide bonds. The second-order valence-electron chi connectivity index (χ2n) is 6.44. The maximum absolute atomic E-state index is 12.3. The first-order valence-electron chi connectivity index (χ1n) is 8.52. The fraction of sp³-hybridized carbons (Fsp3) is 0.0952. The molecule has 0 saturated heterocycles. The van der Waals surface area contributed by atoms with Crippen molar-refractivity contribution in [3.63, 3.8) is 0 Å². The van der Waals surface area contributed by atoms with Crippen LogP contribution in [0.25, 0.3) is 22.9 Å². The van der Waals surface area contributed by atoms with Gasteiger partial charge in [-0.2, -0.15) is 0 Å². The Morgan fingerprint density at radius 3 is 2.24 bits per heavy atom. The Labute approximate surface area is 171 Å². The first-order valence-corrected chi connectivity index (χ1v) is 8.52. The standard InChI is InChI=1S/C21H16F3N3O.ClH/c22-21(23,24)28-16-9-4-13(5-10-16)12-27(20(25)26)18-11-8-15-7-6-14-2-1-3-17(18)19(14)15;/h1-11H,12H2,(H3,25,26);1H. The maximum atomic E-state index is 12.3. The number of rotatable bonds is 4. The lowest BCUT2D eigenvalue weighted by Gasteiger charge is -2.25. The molecule has 0 heterocycles. The van der Waals surface area contributed by atoms with Gasteiger partial charge in [0.1, 0.15) is 5.75 Å². The molecule has 1 aliphatic carbocycles. The molecule has 0 atom stereocenters. The summed E-state index contributed by atoms with van der Waals surface area (Å²) in [4.78, 5) is 1.63. The number of nitrogens with two attached hydrogens (primary N) is 1. The number of anilines is 1. The van der Waals surface area contributed by atoms with Gasteiger partial charge in [0.05, 0.1) is 12.2 Å². The predicted octanol–water partition coefficient (Wildman–Crippen LogP) is 5.54. The Balaban J connectivity index is 0.00000240. The Bertz CT molecular complexity index is 1080. The van der Waals surface area contributed by atoms with Crippen LogP contribution in [-0.4, -0.2) is 12.3 Å². The van der Waals surface area contributed by atoms with Crippen LogP contribution in [0.1, 0.15) is 16.7 Å². The van der Waals surface area contributed by atoms with E-state index in [1.165, 1.54) is 24.3 Å². The summed E-state index contributed by atoms with van der Waals surface area (Å²) in [5.74, 6) is -0.440. The smallest absolute Gasteiger partial charge is 0.406 e. The first kappa shape index (κ1) is 20.5. The van der Waals surface area contributed by atoms with Crippen LogP contribution in [0.4, 0.5) is 18.9 Å². The third kappa shape index (κ3) is 4.14. The van der Waals surface area contributed by atoms with Crippen molar-refractivity contribution in [2.45, 2.75) is 12.9 Å². The van der Waals surface area contributed by atoms with Crippen molar-refractivity contribution in [3.8, 4) is 5.75 Å². The minimum Gasteiger partial charge on any atom is -0.406 e. The molecule has 8 heteroatoms. The molecule has 3 N–H and O–H groups in total. The number of alkyl halides is 3. The van der Waals surface area contributed by atoms with Crippen LogP contribution in [0.2, 0.25) is 0 Å². The van der Waals surface area contributed by atoms with E-state index in [4.69, 9.17) is 11.1 Å². The van der Waals surface area contributed by atoms with E-state index in [-0.39, 0.29) is 30.7 Å². The van der Waals surface area contributed by atoms with E-state index in [1.54, 1.807) is 4.90 Å². The highest BCUT2D eigenvalue weighted by Crippen LogP contribution is 2.37.